The average molecular weight is 742 g/mol. The summed E-state index contributed by atoms with van der Waals surface area (Å²) in [4.78, 5) is 65.6. The SMILES string of the molecule is O=C1N[C@@H](Cc2c[nH]c3ccccc23)C(=O)N2[C@H]1CC1([C@@]34C[C@H]5C(=O)N[C@@H](CC6=C[N]c7ccccc76)C(=O)N5[C@@H]3Nc3ccccc34)c3ccccc3N[C@@H]21. The Balaban J connectivity index is 0.976. The average Bonchev–Trinajstić information content (AvgIpc) is 4.05. The Labute approximate surface area is 321 Å². The summed E-state index contributed by atoms with van der Waals surface area (Å²) in [6.07, 6.45) is 3.73. The summed E-state index contributed by atoms with van der Waals surface area (Å²) in [7, 11) is 0. The van der Waals surface area contributed by atoms with Crippen LogP contribution in [0.2, 0.25) is 0 Å². The largest absolute Gasteiger partial charge is 0.364 e. The molecule has 0 spiro atoms. The van der Waals surface area contributed by atoms with Gasteiger partial charge in [0.05, 0.1) is 16.5 Å². The van der Waals surface area contributed by atoms with Gasteiger partial charge in [-0.1, -0.05) is 72.8 Å². The maximum absolute atomic E-state index is 15.0. The van der Waals surface area contributed by atoms with Crippen LogP contribution in [0.1, 0.15) is 41.5 Å². The number of carbonyl (C=O) groups is 4. The molecule has 12 rings (SSSR count). The van der Waals surface area contributed by atoms with Gasteiger partial charge in [0.15, 0.2) is 0 Å². The third kappa shape index (κ3) is 3.88. The number of rotatable bonds is 5. The number of anilines is 2. The molecule has 4 amide bonds. The second-order valence-corrected chi connectivity index (χ2v) is 16.2. The minimum atomic E-state index is -0.904. The predicted molar refractivity (Wildman–Crippen MR) is 208 cm³/mol. The molecule has 1 radical (unpaired) electrons. The molecule has 5 N–H and O–H groups in total. The van der Waals surface area contributed by atoms with Crippen LogP contribution in [0.25, 0.3) is 16.5 Å². The highest BCUT2D eigenvalue weighted by Gasteiger charge is 2.78. The fraction of sp³-hybridized carbons (Fsp3) is 0.273. The number of hydrogen-bond donors (Lipinski definition) is 5. The van der Waals surface area contributed by atoms with E-state index in [4.69, 9.17) is 0 Å². The van der Waals surface area contributed by atoms with E-state index in [-0.39, 0.29) is 23.6 Å². The first-order valence-corrected chi connectivity index (χ1v) is 19.4. The number of H-pyrrole nitrogens is 1. The van der Waals surface area contributed by atoms with Crippen molar-refractivity contribution in [3.63, 3.8) is 0 Å². The summed E-state index contributed by atoms with van der Waals surface area (Å²) in [5.74, 6) is -0.723. The fourth-order valence-corrected chi connectivity index (χ4v) is 11.7. The molecule has 1 unspecified atom stereocenters. The van der Waals surface area contributed by atoms with E-state index in [9.17, 15) is 19.2 Å². The Morgan fingerprint density at radius 2 is 1.18 bits per heavy atom. The number of benzene rings is 4. The summed E-state index contributed by atoms with van der Waals surface area (Å²) in [5.41, 5.74) is 6.56. The number of para-hydroxylation sites is 4. The lowest BCUT2D eigenvalue weighted by Crippen LogP contribution is -2.66. The Morgan fingerprint density at radius 3 is 1.84 bits per heavy atom. The van der Waals surface area contributed by atoms with Crippen LogP contribution in [0.3, 0.4) is 0 Å². The highest BCUT2D eigenvalue weighted by molar-refractivity contribution is 6.02. The van der Waals surface area contributed by atoms with Gasteiger partial charge in [-0.05, 0) is 59.4 Å². The fourth-order valence-electron chi connectivity index (χ4n) is 11.7. The van der Waals surface area contributed by atoms with Gasteiger partial charge in [-0.3, -0.25) is 24.5 Å². The molecule has 12 nitrogen and oxygen atoms in total. The molecule has 4 saturated heterocycles. The lowest BCUT2D eigenvalue weighted by atomic mass is 9.54. The Bertz CT molecular complexity index is 2620. The quantitative estimate of drug-likeness (QED) is 0.184. The van der Waals surface area contributed by atoms with Crippen molar-refractivity contribution in [1.29, 1.82) is 0 Å². The Morgan fingerprint density at radius 1 is 0.625 bits per heavy atom. The summed E-state index contributed by atoms with van der Waals surface area (Å²) < 4.78 is 0. The van der Waals surface area contributed by atoms with Crippen LogP contribution in [0.15, 0.2) is 109 Å². The van der Waals surface area contributed by atoms with Crippen LogP contribution in [-0.4, -0.2) is 74.9 Å². The van der Waals surface area contributed by atoms with Crippen molar-refractivity contribution in [2.24, 2.45) is 0 Å². The summed E-state index contributed by atoms with van der Waals surface area (Å²) in [5, 5.41) is 19.3. The molecule has 1 aromatic heterocycles. The van der Waals surface area contributed by atoms with Crippen molar-refractivity contribution in [1.82, 2.24) is 30.7 Å². The molecule has 8 atom stereocenters. The van der Waals surface area contributed by atoms with Crippen molar-refractivity contribution in [3.8, 4) is 0 Å². The van der Waals surface area contributed by atoms with Gasteiger partial charge in [-0.15, -0.1) is 0 Å². The molecule has 0 saturated carbocycles. The maximum Gasteiger partial charge on any atom is 0.247 e. The molecule has 7 aliphatic rings. The lowest BCUT2D eigenvalue weighted by Gasteiger charge is -2.48. The number of hydrogen-bond acceptors (Lipinski definition) is 6. The number of nitrogens with one attached hydrogen (secondary N) is 5. The maximum atomic E-state index is 15.0. The van der Waals surface area contributed by atoms with Crippen LogP contribution in [0, 0.1) is 0 Å². The molecule has 56 heavy (non-hydrogen) atoms. The zero-order valence-electron chi connectivity index (χ0n) is 30.2. The first kappa shape index (κ1) is 31.8. The highest BCUT2D eigenvalue weighted by Crippen LogP contribution is 2.69. The van der Waals surface area contributed by atoms with Gasteiger partial charge in [-0.2, -0.15) is 0 Å². The zero-order chi connectivity index (χ0) is 37.5. The minimum absolute atomic E-state index is 0.153. The number of amides is 4. The van der Waals surface area contributed by atoms with Gasteiger partial charge in [0.2, 0.25) is 23.6 Å². The van der Waals surface area contributed by atoms with E-state index in [0.717, 1.165) is 55.8 Å². The predicted octanol–water partition coefficient (Wildman–Crippen LogP) is 3.97. The van der Waals surface area contributed by atoms with Gasteiger partial charge in [0.25, 0.3) is 0 Å². The molecule has 4 fully saturated rings. The molecular formula is C44H37N8O4. The first-order chi connectivity index (χ1) is 27.4. The van der Waals surface area contributed by atoms with E-state index in [2.05, 4.69) is 43.7 Å². The normalized spacial score (nSPS) is 31.5. The molecular weight excluding hydrogens is 705 g/mol. The monoisotopic (exact) mass is 741 g/mol. The molecule has 277 valence electrons. The van der Waals surface area contributed by atoms with Crippen LogP contribution in [0.5, 0.6) is 0 Å². The van der Waals surface area contributed by atoms with Gasteiger partial charge < -0.3 is 36.1 Å². The second-order valence-electron chi connectivity index (χ2n) is 16.2. The van der Waals surface area contributed by atoms with Crippen molar-refractivity contribution >= 4 is 57.2 Å². The molecule has 12 heteroatoms. The summed E-state index contributed by atoms with van der Waals surface area (Å²) in [6.45, 7) is 0. The summed E-state index contributed by atoms with van der Waals surface area (Å²) in [6, 6.07) is 28.9. The van der Waals surface area contributed by atoms with E-state index in [1.807, 2.05) is 91.1 Å². The van der Waals surface area contributed by atoms with E-state index in [1.54, 1.807) is 16.0 Å². The van der Waals surface area contributed by atoms with Gasteiger partial charge >= 0.3 is 0 Å². The number of nitrogens with zero attached hydrogens (tertiary/aromatic N) is 3. The minimum Gasteiger partial charge on any atom is -0.364 e. The number of aromatic nitrogens is 1. The second kappa shape index (κ2) is 11.0. The standard InChI is InChI=1S/C44H37N8O4/c53-37-35-19-43(27-11-3-7-15-31(27)49-41(43)51(35)39(55)33(47-37)17-23-21-45-29-13-5-1-9-25(23)29)44-20-36-38(54)48-34(18-24-22-46-30-14-6-2-10-26(24)30)40(56)52(36)42(44)50-32-16-8-4-12-28(32)44/h1-16,21-22,33-36,41-42,45,49-50H,17-20H2,(H,47,53)(H,48,54)/t33-,34-,35-,36-,41-,42-,43?,44+/m0/s1. The third-order valence-corrected chi connectivity index (χ3v) is 13.9. The number of piperazine rings is 2. The molecule has 7 aliphatic heterocycles. The number of aromatic amines is 1. The first-order valence-electron chi connectivity index (χ1n) is 19.4. The van der Waals surface area contributed by atoms with Crippen molar-refractivity contribution in [3.05, 3.63) is 132 Å². The van der Waals surface area contributed by atoms with Crippen LogP contribution < -0.4 is 26.6 Å². The van der Waals surface area contributed by atoms with Crippen molar-refractivity contribution in [2.75, 3.05) is 10.6 Å². The summed E-state index contributed by atoms with van der Waals surface area (Å²) >= 11 is 0. The van der Waals surface area contributed by atoms with E-state index in [0.29, 0.717) is 25.7 Å². The van der Waals surface area contributed by atoms with Crippen molar-refractivity contribution in [2.45, 2.75) is 73.0 Å². The molecule has 0 aliphatic carbocycles. The smallest absolute Gasteiger partial charge is 0.247 e. The lowest BCUT2D eigenvalue weighted by molar-refractivity contribution is -0.149. The van der Waals surface area contributed by atoms with Crippen molar-refractivity contribution < 1.29 is 19.2 Å². The van der Waals surface area contributed by atoms with Crippen LogP contribution in [0.4, 0.5) is 17.1 Å². The van der Waals surface area contributed by atoms with E-state index >= 15 is 0 Å². The highest BCUT2D eigenvalue weighted by atomic mass is 16.2. The zero-order valence-corrected chi connectivity index (χ0v) is 30.2. The van der Waals surface area contributed by atoms with E-state index in [1.165, 1.54) is 0 Å². The number of carbonyl (C=O) groups excluding carboxylic acids is 4. The van der Waals surface area contributed by atoms with E-state index < -0.39 is 47.3 Å². The van der Waals surface area contributed by atoms with Gasteiger partial charge in [0, 0.05) is 53.1 Å². The number of fused-ring (bicyclic) bond motifs is 13. The van der Waals surface area contributed by atoms with Crippen LogP contribution >= 0.6 is 0 Å². The molecule has 0 bridgehead atoms. The Hall–Kier alpha value is -6.56. The van der Waals surface area contributed by atoms with Gasteiger partial charge in [-0.25, -0.2) is 0 Å². The molecule has 8 heterocycles. The molecule has 5 aromatic rings. The third-order valence-electron chi connectivity index (χ3n) is 13.9. The van der Waals surface area contributed by atoms with Gasteiger partial charge in [0.1, 0.15) is 36.5 Å². The topological polar surface area (TPSA) is 153 Å². The molecule has 4 aromatic carbocycles. The van der Waals surface area contributed by atoms with Crippen LogP contribution in [-0.2, 0) is 36.4 Å². The Kier molecular flexibility index (Phi) is 6.25.